The van der Waals surface area contributed by atoms with E-state index in [4.69, 9.17) is 4.74 Å². The number of ether oxygens (including phenoxy) is 1. The molecule has 0 saturated carbocycles. The number of carboxylic acids is 1. The number of benzene rings is 2. The van der Waals surface area contributed by atoms with Crippen molar-refractivity contribution in [3.05, 3.63) is 59.3 Å². The van der Waals surface area contributed by atoms with Gasteiger partial charge in [0.25, 0.3) is 0 Å². The molecule has 2 aromatic carbocycles. The lowest BCUT2D eigenvalue weighted by molar-refractivity contribution is 0.0691. The van der Waals surface area contributed by atoms with Crippen LogP contribution in [0.5, 0.6) is 5.75 Å². The van der Waals surface area contributed by atoms with Crippen molar-refractivity contribution in [1.82, 2.24) is 9.97 Å². The minimum absolute atomic E-state index is 0.0711. The molecule has 0 radical (unpaired) electrons. The van der Waals surface area contributed by atoms with Crippen molar-refractivity contribution >= 4 is 22.8 Å². The number of para-hydroxylation sites is 2. The molecule has 0 spiro atoms. The molecule has 0 unspecified atom stereocenters. The van der Waals surface area contributed by atoms with Crippen LogP contribution >= 0.6 is 0 Å². The summed E-state index contributed by atoms with van der Waals surface area (Å²) in [6.07, 6.45) is 0.902. The minimum atomic E-state index is -1.10. The van der Waals surface area contributed by atoms with Gasteiger partial charge in [0.05, 0.1) is 17.6 Å². The average molecular weight is 321 g/mol. The molecule has 2 N–H and O–H groups in total. The summed E-state index contributed by atoms with van der Waals surface area (Å²) in [4.78, 5) is 20.1. The van der Waals surface area contributed by atoms with E-state index in [0.717, 1.165) is 17.7 Å². The van der Waals surface area contributed by atoms with E-state index in [9.17, 15) is 9.90 Å². The highest BCUT2D eigenvalue weighted by molar-refractivity contribution is 5.93. The van der Waals surface area contributed by atoms with Crippen LogP contribution in [0.15, 0.2) is 42.5 Å². The number of aromatic nitrogens is 2. The maximum absolute atomic E-state index is 11.5. The lowest BCUT2D eigenvalue weighted by Gasteiger charge is -2.10. The molecule has 6 heteroatoms. The Hall–Kier alpha value is -3.15. The summed E-state index contributed by atoms with van der Waals surface area (Å²) in [7, 11) is 0. The second-order valence-electron chi connectivity index (χ2n) is 5.61. The third-order valence-corrected chi connectivity index (χ3v) is 3.99. The quantitative estimate of drug-likeness (QED) is 0.768. The zero-order chi connectivity index (χ0) is 16.5. The number of fused-ring (bicyclic) bond motifs is 2. The SMILES string of the molecule is O=C(O)c1nc2ccccc2nc1NCc1ccc2c(c1)CCO2. The third kappa shape index (κ3) is 2.62. The fourth-order valence-electron chi connectivity index (χ4n) is 2.81. The van der Waals surface area contributed by atoms with E-state index < -0.39 is 5.97 Å². The van der Waals surface area contributed by atoms with Crippen molar-refractivity contribution in [1.29, 1.82) is 0 Å². The molecule has 1 aliphatic heterocycles. The molecule has 120 valence electrons. The van der Waals surface area contributed by atoms with Crippen molar-refractivity contribution in [3.8, 4) is 5.75 Å². The number of aromatic carboxylic acids is 1. The molecule has 4 rings (SSSR count). The lowest BCUT2D eigenvalue weighted by atomic mass is 10.1. The first-order valence-corrected chi connectivity index (χ1v) is 7.69. The Morgan fingerprint density at radius 2 is 1.96 bits per heavy atom. The van der Waals surface area contributed by atoms with Gasteiger partial charge in [0.15, 0.2) is 11.5 Å². The van der Waals surface area contributed by atoms with Gasteiger partial charge in [0.2, 0.25) is 0 Å². The smallest absolute Gasteiger partial charge is 0.358 e. The summed E-state index contributed by atoms with van der Waals surface area (Å²) in [6, 6.07) is 13.2. The van der Waals surface area contributed by atoms with Gasteiger partial charge in [0.1, 0.15) is 5.75 Å². The van der Waals surface area contributed by atoms with Crippen LogP contribution in [0.2, 0.25) is 0 Å². The first-order chi connectivity index (χ1) is 11.7. The van der Waals surface area contributed by atoms with Crippen LogP contribution < -0.4 is 10.1 Å². The summed E-state index contributed by atoms with van der Waals surface area (Å²) >= 11 is 0. The van der Waals surface area contributed by atoms with Gasteiger partial charge in [-0.05, 0) is 29.3 Å². The van der Waals surface area contributed by atoms with E-state index >= 15 is 0 Å². The minimum Gasteiger partial charge on any atom is -0.493 e. The van der Waals surface area contributed by atoms with Crippen molar-refractivity contribution in [2.45, 2.75) is 13.0 Å². The van der Waals surface area contributed by atoms with E-state index in [-0.39, 0.29) is 11.5 Å². The average Bonchev–Trinajstić information content (AvgIpc) is 3.06. The van der Waals surface area contributed by atoms with Crippen LogP contribution in [0.25, 0.3) is 11.0 Å². The Balaban J connectivity index is 1.63. The van der Waals surface area contributed by atoms with Gasteiger partial charge in [0, 0.05) is 13.0 Å². The van der Waals surface area contributed by atoms with Crippen molar-refractivity contribution in [3.63, 3.8) is 0 Å². The molecule has 0 saturated heterocycles. The molecular formula is C18H15N3O3. The van der Waals surface area contributed by atoms with E-state index in [1.807, 2.05) is 30.3 Å². The first kappa shape index (κ1) is 14.4. The molecular weight excluding hydrogens is 306 g/mol. The molecule has 0 bridgehead atoms. The Bertz CT molecular complexity index is 940. The summed E-state index contributed by atoms with van der Waals surface area (Å²) in [5.41, 5.74) is 3.38. The Labute approximate surface area is 138 Å². The summed E-state index contributed by atoms with van der Waals surface area (Å²) in [6.45, 7) is 1.19. The summed E-state index contributed by atoms with van der Waals surface area (Å²) < 4.78 is 5.49. The predicted octanol–water partition coefficient (Wildman–Crippen LogP) is 2.88. The van der Waals surface area contributed by atoms with Crippen LogP contribution in [0, 0.1) is 0 Å². The normalized spacial score (nSPS) is 12.7. The van der Waals surface area contributed by atoms with E-state index in [1.54, 1.807) is 6.07 Å². The van der Waals surface area contributed by atoms with Gasteiger partial charge in [-0.25, -0.2) is 14.8 Å². The number of hydrogen-bond acceptors (Lipinski definition) is 5. The molecule has 0 fully saturated rings. The van der Waals surface area contributed by atoms with Crippen LogP contribution in [-0.4, -0.2) is 27.7 Å². The van der Waals surface area contributed by atoms with Crippen LogP contribution in [-0.2, 0) is 13.0 Å². The topological polar surface area (TPSA) is 84.3 Å². The number of rotatable bonds is 4. The maximum atomic E-state index is 11.5. The van der Waals surface area contributed by atoms with Crippen molar-refractivity contribution in [2.24, 2.45) is 0 Å². The van der Waals surface area contributed by atoms with Crippen molar-refractivity contribution in [2.75, 3.05) is 11.9 Å². The first-order valence-electron chi connectivity index (χ1n) is 7.69. The molecule has 24 heavy (non-hydrogen) atoms. The standard InChI is InChI=1S/C18H15N3O3/c22-18(23)16-17(21-14-4-2-1-3-13(14)20-16)19-10-11-5-6-15-12(9-11)7-8-24-15/h1-6,9H,7-8,10H2,(H,19,21)(H,22,23). The monoisotopic (exact) mass is 321 g/mol. The van der Waals surface area contributed by atoms with E-state index in [1.165, 1.54) is 5.56 Å². The molecule has 0 amide bonds. The second-order valence-corrected chi connectivity index (χ2v) is 5.61. The zero-order valence-electron chi connectivity index (χ0n) is 12.8. The number of anilines is 1. The van der Waals surface area contributed by atoms with Crippen LogP contribution in [0.1, 0.15) is 21.6 Å². The molecule has 2 heterocycles. The Morgan fingerprint density at radius 1 is 1.17 bits per heavy atom. The fourth-order valence-corrected chi connectivity index (χ4v) is 2.81. The number of carboxylic acid groups (broad SMARTS) is 1. The predicted molar refractivity (Wildman–Crippen MR) is 89.5 cm³/mol. The fraction of sp³-hybridized carbons (Fsp3) is 0.167. The molecule has 3 aromatic rings. The van der Waals surface area contributed by atoms with Gasteiger partial charge in [-0.2, -0.15) is 0 Å². The lowest BCUT2D eigenvalue weighted by Crippen LogP contribution is -2.11. The maximum Gasteiger partial charge on any atom is 0.358 e. The molecule has 0 atom stereocenters. The van der Waals surface area contributed by atoms with Gasteiger partial charge in [-0.3, -0.25) is 0 Å². The Kier molecular flexibility index (Phi) is 3.49. The van der Waals surface area contributed by atoms with E-state index in [2.05, 4.69) is 21.4 Å². The van der Waals surface area contributed by atoms with Crippen LogP contribution in [0.3, 0.4) is 0 Å². The molecule has 1 aromatic heterocycles. The van der Waals surface area contributed by atoms with Crippen LogP contribution in [0.4, 0.5) is 5.82 Å². The number of hydrogen-bond donors (Lipinski definition) is 2. The molecule has 1 aliphatic rings. The molecule has 0 aliphatic carbocycles. The summed E-state index contributed by atoms with van der Waals surface area (Å²) in [5, 5.41) is 12.5. The van der Waals surface area contributed by atoms with Gasteiger partial charge < -0.3 is 15.2 Å². The summed E-state index contributed by atoms with van der Waals surface area (Å²) in [5.74, 6) is 0.103. The zero-order valence-corrected chi connectivity index (χ0v) is 12.8. The highest BCUT2D eigenvalue weighted by Crippen LogP contribution is 2.26. The van der Waals surface area contributed by atoms with Gasteiger partial charge in [-0.1, -0.05) is 24.3 Å². The second kappa shape index (κ2) is 5.81. The van der Waals surface area contributed by atoms with Gasteiger partial charge >= 0.3 is 5.97 Å². The Morgan fingerprint density at radius 3 is 2.75 bits per heavy atom. The third-order valence-electron chi connectivity index (χ3n) is 3.99. The number of carbonyl (C=O) groups is 1. The van der Waals surface area contributed by atoms with E-state index in [0.29, 0.717) is 24.2 Å². The number of nitrogens with zero attached hydrogens (tertiary/aromatic N) is 2. The molecule has 6 nitrogen and oxygen atoms in total. The highest BCUT2D eigenvalue weighted by atomic mass is 16.5. The highest BCUT2D eigenvalue weighted by Gasteiger charge is 2.16. The number of nitrogens with one attached hydrogen (secondary N) is 1. The largest absolute Gasteiger partial charge is 0.493 e. The van der Waals surface area contributed by atoms with Gasteiger partial charge in [-0.15, -0.1) is 0 Å². The van der Waals surface area contributed by atoms with Crippen molar-refractivity contribution < 1.29 is 14.6 Å².